The molecule has 1 amide bonds. The molecular weight excluding hydrogens is 350 g/mol. The highest BCUT2D eigenvalue weighted by Crippen LogP contribution is 2.30. The van der Waals surface area contributed by atoms with Gasteiger partial charge in [0.2, 0.25) is 0 Å². The maximum atomic E-state index is 13.0. The molecule has 0 bridgehead atoms. The lowest BCUT2D eigenvalue weighted by atomic mass is 9.98. The second-order valence-electron chi connectivity index (χ2n) is 6.95. The van der Waals surface area contributed by atoms with Crippen molar-refractivity contribution in [3.63, 3.8) is 0 Å². The Balaban J connectivity index is 1.51. The summed E-state index contributed by atoms with van der Waals surface area (Å²) < 4.78 is 11.2. The number of ether oxygens (including phenoxy) is 2. The van der Waals surface area contributed by atoms with E-state index in [4.69, 9.17) is 9.47 Å². The van der Waals surface area contributed by atoms with Gasteiger partial charge in [-0.2, -0.15) is 0 Å². The molecule has 3 aromatic carbocycles. The van der Waals surface area contributed by atoms with Gasteiger partial charge >= 0.3 is 0 Å². The molecular formula is C24H23NO3. The van der Waals surface area contributed by atoms with E-state index in [9.17, 15) is 4.79 Å². The Morgan fingerprint density at radius 3 is 2.57 bits per heavy atom. The van der Waals surface area contributed by atoms with E-state index < -0.39 is 0 Å². The van der Waals surface area contributed by atoms with Crippen LogP contribution in [0, 0.1) is 6.92 Å². The fraction of sp³-hybridized carbons (Fsp3) is 0.208. The highest BCUT2D eigenvalue weighted by molar-refractivity contribution is 6.08. The van der Waals surface area contributed by atoms with Crippen molar-refractivity contribution < 1.29 is 14.3 Å². The van der Waals surface area contributed by atoms with Gasteiger partial charge in [0.05, 0.1) is 7.11 Å². The monoisotopic (exact) mass is 373 g/mol. The Hall–Kier alpha value is -3.27. The highest BCUT2D eigenvalue weighted by Gasteiger charge is 2.26. The lowest BCUT2D eigenvalue weighted by Crippen LogP contribution is -2.37. The van der Waals surface area contributed by atoms with E-state index in [-0.39, 0.29) is 5.91 Å². The lowest BCUT2D eigenvalue weighted by molar-refractivity contribution is 0.0980. The van der Waals surface area contributed by atoms with Crippen molar-refractivity contribution in [3.05, 3.63) is 89.0 Å². The number of aryl methyl sites for hydroxylation is 1. The first-order valence-corrected chi connectivity index (χ1v) is 9.42. The van der Waals surface area contributed by atoms with E-state index in [0.29, 0.717) is 13.2 Å². The van der Waals surface area contributed by atoms with Crippen molar-refractivity contribution in [3.8, 4) is 11.5 Å². The van der Waals surface area contributed by atoms with Crippen molar-refractivity contribution in [2.24, 2.45) is 0 Å². The molecule has 0 atom stereocenters. The van der Waals surface area contributed by atoms with E-state index >= 15 is 0 Å². The third kappa shape index (κ3) is 3.58. The van der Waals surface area contributed by atoms with Crippen LogP contribution < -0.4 is 14.4 Å². The second-order valence-corrected chi connectivity index (χ2v) is 6.95. The summed E-state index contributed by atoms with van der Waals surface area (Å²) in [4.78, 5) is 14.8. The topological polar surface area (TPSA) is 38.8 Å². The normalized spacial score (nSPS) is 13.2. The summed E-state index contributed by atoms with van der Waals surface area (Å²) in [5.41, 5.74) is 4.83. The molecule has 0 unspecified atom stereocenters. The van der Waals surface area contributed by atoms with Crippen molar-refractivity contribution in [2.45, 2.75) is 20.0 Å². The molecule has 0 aliphatic carbocycles. The molecule has 0 radical (unpaired) electrons. The van der Waals surface area contributed by atoms with Crippen LogP contribution in [0.15, 0.2) is 66.7 Å². The molecule has 4 nitrogen and oxygen atoms in total. The molecule has 0 N–H and O–H groups in total. The summed E-state index contributed by atoms with van der Waals surface area (Å²) in [5.74, 6) is 1.65. The zero-order valence-corrected chi connectivity index (χ0v) is 16.1. The number of nitrogens with zero attached hydrogens (tertiary/aromatic N) is 1. The molecule has 1 heterocycles. The first-order valence-electron chi connectivity index (χ1n) is 9.42. The first kappa shape index (κ1) is 18.1. The molecule has 1 aliphatic heterocycles. The predicted octanol–water partition coefficient (Wildman–Crippen LogP) is 4.79. The summed E-state index contributed by atoms with van der Waals surface area (Å²) in [6, 6.07) is 21.7. The Labute approximate surface area is 165 Å². The van der Waals surface area contributed by atoms with Crippen LogP contribution in [0.5, 0.6) is 11.5 Å². The van der Waals surface area contributed by atoms with Crippen LogP contribution in [0.3, 0.4) is 0 Å². The van der Waals surface area contributed by atoms with E-state index in [1.807, 2.05) is 78.6 Å². The third-order valence-electron chi connectivity index (χ3n) is 5.10. The van der Waals surface area contributed by atoms with Gasteiger partial charge in [0.1, 0.15) is 18.1 Å². The summed E-state index contributed by atoms with van der Waals surface area (Å²) in [5, 5.41) is 0. The van der Waals surface area contributed by atoms with Crippen LogP contribution in [-0.2, 0) is 13.0 Å². The van der Waals surface area contributed by atoms with Crippen molar-refractivity contribution in [1.29, 1.82) is 0 Å². The SMILES string of the molecule is COc1ccc2c(c1)CCN(c1ccc(OCc3ccccc3)c(C)c1)C2=O. The minimum absolute atomic E-state index is 0.0289. The average molecular weight is 373 g/mol. The lowest BCUT2D eigenvalue weighted by Gasteiger charge is -2.29. The molecule has 4 heteroatoms. The highest BCUT2D eigenvalue weighted by atomic mass is 16.5. The van der Waals surface area contributed by atoms with Gasteiger partial charge in [-0.25, -0.2) is 0 Å². The quantitative estimate of drug-likeness (QED) is 0.646. The number of amides is 1. The summed E-state index contributed by atoms with van der Waals surface area (Å²) in [6.07, 6.45) is 0.809. The molecule has 0 spiro atoms. The zero-order chi connectivity index (χ0) is 19.5. The number of fused-ring (bicyclic) bond motifs is 1. The molecule has 0 fully saturated rings. The summed E-state index contributed by atoms with van der Waals surface area (Å²) in [7, 11) is 1.64. The van der Waals surface area contributed by atoms with Gasteiger partial charge in [-0.15, -0.1) is 0 Å². The number of rotatable bonds is 5. The number of hydrogen-bond acceptors (Lipinski definition) is 3. The molecule has 0 saturated carbocycles. The van der Waals surface area contributed by atoms with Crippen LogP contribution in [0.4, 0.5) is 5.69 Å². The van der Waals surface area contributed by atoms with E-state index in [1.165, 1.54) is 0 Å². The van der Waals surface area contributed by atoms with Gasteiger partial charge in [-0.1, -0.05) is 30.3 Å². The summed E-state index contributed by atoms with van der Waals surface area (Å²) >= 11 is 0. The second kappa shape index (κ2) is 7.77. The number of anilines is 1. The summed E-state index contributed by atoms with van der Waals surface area (Å²) in [6.45, 7) is 3.19. The standard InChI is InChI=1S/C24H23NO3/c1-17-14-20(8-11-23(17)28-16-18-6-4-3-5-7-18)25-13-12-19-15-21(27-2)9-10-22(19)24(25)26/h3-11,14-15H,12-13,16H2,1-2H3. The Morgan fingerprint density at radius 1 is 1.00 bits per heavy atom. The minimum Gasteiger partial charge on any atom is -0.497 e. The molecule has 142 valence electrons. The molecule has 1 aliphatic rings. The van der Waals surface area contributed by atoms with Crippen molar-refractivity contribution >= 4 is 11.6 Å². The fourth-order valence-corrected chi connectivity index (χ4v) is 3.54. The van der Waals surface area contributed by atoms with Crippen LogP contribution >= 0.6 is 0 Å². The number of carbonyl (C=O) groups excluding carboxylic acids is 1. The maximum Gasteiger partial charge on any atom is 0.258 e. The molecule has 4 rings (SSSR count). The number of methoxy groups -OCH3 is 1. The van der Waals surface area contributed by atoms with Crippen LogP contribution in [-0.4, -0.2) is 19.6 Å². The molecule has 0 saturated heterocycles. The van der Waals surface area contributed by atoms with Crippen LogP contribution in [0.1, 0.15) is 27.0 Å². The van der Waals surface area contributed by atoms with E-state index in [0.717, 1.165) is 45.9 Å². The predicted molar refractivity (Wildman–Crippen MR) is 110 cm³/mol. The number of benzene rings is 3. The largest absolute Gasteiger partial charge is 0.497 e. The smallest absolute Gasteiger partial charge is 0.258 e. The Kier molecular flexibility index (Phi) is 5.02. The van der Waals surface area contributed by atoms with Gasteiger partial charge < -0.3 is 14.4 Å². The number of carbonyl (C=O) groups is 1. The number of hydrogen-bond donors (Lipinski definition) is 0. The van der Waals surface area contributed by atoms with Gasteiger partial charge in [-0.05, 0) is 66.4 Å². The fourth-order valence-electron chi connectivity index (χ4n) is 3.54. The average Bonchev–Trinajstić information content (AvgIpc) is 2.73. The molecule has 3 aromatic rings. The molecule has 28 heavy (non-hydrogen) atoms. The first-order chi connectivity index (χ1) is 13.7. The molecule has 0 aromatic heterocycles. The minimum atomic E-state index is 0.0289. The van der Waals surface area contributed by atoms with E-state index in [1.54, 1.807) is 7.11 Å². The van der Waals surface area contributed by atoms with Crippen molar-refractivity contribution in [1.82, 2.24) is 0 Å². The Morgan fingerprint density at radius 2 is 1.82 bits per heavy atom. The van der Waals surface area contributed by atoms with Crippen LogP contribution in [0.25, 0.3) is 0 Å². The maximum absolute atomic E-state index is 13.0. The third-order valence-corrected chi connectivity index (χ3v) is 5.10. The van der Waals surface area contributed by atoms with Gasteiger partial charge in [0.25, 0.3) is 5.91 Å². The van der Waals surface area contributed by atoms with E-state index in [2.05, 4.69) is 0 Å². The van der Waals surface area contributed by atoms with Crippen molar-refractivity contribution in [2.75, 3.05) is 18.6 Å². The Bertz CT molecular complexity index is 998. The zero-order valence-electron chi connectivity index (χ0n) is 16.1. The van der Waals surface area contributed by atoms with Crippen LogP contribution in [0.2, 0.25) is 0 Å². The van der Waals surface area contributed by atoms with Gasteiger partial charge in [-0.3, -0.25) is 4.79 Å². The van der Waals surface area contributed by atoms with Gasteiger partial charge in [0.15, 0.2) is 0 Å². The van der Waals surface area contributed by atoms with Gasteiger partial charge in [0, 0.05) is 17.8 Å².